The summed E-state index contributed by atoms with van der Waals surface area (Å²) in [6.45, 7) is 6.10. The smallest absolute Gasteiger partial charge is 0.270 e. The van der Waals surface area contributed by atoms with Crippen LogP contribution in [0.4, 0.5) is 0 Å². The third-order valence-corrected chi connectivity index (χ3v) is 6.30. The van der Waals surface area contributed by atoms with Gasteiger partial charge in [0, 0.05) is 44.2 Å². The highest BCUT2D eigenvalue weighted by Crippen LogP contribution is 2.28. The van der Waals surface area contributed by atoms with Crippen molar-refractivity contribution >= 4 is 22.8 Å². The number of piperidine rings is 3. The van der Waals surface area contributed by atoms with Crippen molar-refractivity contribution in [2.75, 3.05) is 45.8 Å². The summed E-state index contributed by atoms with van der Waals surface area (Å²) < 4.78 is 5.52. The Labute approximate surface area is 163 Å². The van der Waals surface area contributed by atoms with Crippen LogP contribution in [0.15, 0.2) is 22.9 Å². The predicted molar refractivity (Wildman–Crippen MR) is 103 cm³/mol. The quantitative estimate of drug-likeness (QED) is 0.811. The molecule has 4 aliphatic heterocycles. The molecule has 6 rings (SSSR count). The summed E-state index contributed by atoms with van der Waals surface area (Å²) in [7, 11) is 0. The van der Waals surface area contributed by atoms with E-state index in [0.29, 0.717) is 41.2 Å². The lowest BCUT2D eigenvalue weighted by atomic mass is 9.84. The van der Waals surface area contributed by atoms with E-state index in [-0.39, 0.29) is 17.9 Å². The molecule has 2 aromatic heterocycles. The average molecular weight is 383 g/mol. The minimum absolute atomic E-state index is 0.0600. The summed E-state index contributed by atoms with van der Waals surface area (Å²) in [6, 6.07) is 1.86. The number of furan rings is 1. The number of aromatic nitrogens is 1. The van der Waals surface area contributed by atoms with Crippen LogP contribution in [0.3, 0.4) is 0 Å². The summed E-state index contributed by atoms with van der Waals surface area (Å²) in [5.74, 6) is 0.314. The highest BCUT2D eigenvalue weighted by Gasteiger charge is 2.35. The molecule has 28 heavy (non-hydrogen) atoms. The summed E-state index contributed by atoms with van der Waals surface area (Å²) in [5.41, 5.74) is 1.36. The van der Waals surface area contributed by atoms with Gasteiger partial charge in [-0.3, -0.25) is 9.59 Å². The van der Waals surface area contributed by atoms with Crippen LogP contribution >= 0.6 is 0 Å². The molecule has 2 bridgehead atoms. The van der Waals surface area contributed by atoms with E-state index in [1.54, 1.807) is 6.07 Å². The first-order chi connectivity index (χ1) is 13.7. The van der Waals surface area contributed by atoms with Gasteiger partial charge in [-0.2, -0.15) is 0 Å². The van der Waals surface area contributed by atoms with Gasteiger partial charge in [-0.1, -0.05) is 0 Å². The SMILES string of the molecule is O=C(NC1CN2CCC1CC2)c1cc2c(C(=O)N3CCNCC3)coc2cn1. The Morgan fingerprint density at radius 3 is 2.68 bits per heavy atom. The zero-order chi connectivity index (χ0) is 19.1. The van der Waals surface area contributed by atoms with Gasteiger partial charge < -0.3 is 24.9 Å². The predicted octanol–water partition coefficient (Wildman–Crippen LogP) is 0.697. The molecular weight excluding hydrogens is 358 g/mol. The molecule has 148 valence electrons. The van der Waals surface area contributed by atoms with Crippen LogP contribution in [-0.4, -0.2) is 78.5 Å². The van der Waals surface area contributed by atoms with Gasteiger partial charge in [0.25, 0.3) is 11.8 Å². The maximum atomic E-state index is 12.9. The minimum Gasteiger partial charge on any atom is -0.462 e. The van der Waals surface area contributed by atoms with E-state index in [1.165, 1.54) is 12.5 Å². The normalized spacial score (nSPS) is 27.1. The monoisotopic (exact) mass is 383 g/mol. The zero-order valence-electron chi connectivity index (χ0n) is 15.8. The van der Waals surface area contributed by atoms with Crippen LogP contribution in [0.1, 0.15) is 33.7 Å². The average Bonchev–Trinajstić information content (AvgIpc) is 3.18. The Morgan fingerprint density at radius 2 is 1.96 bits per heavy atom. The van der Waals surface area contributed by atoms with E-state index in [9.17, 15) is 9.59 Å². The van der Waals surface area contributed by atoms with Crippen LogP contribution in [-0.2, 0) is 0 Å². The van der Waals surface area contributed by atoms with Crippen molar-refractivity contribution in [2.45, 2.75) is 18.9 Å². The number of pyridine rings is 1. The number of rotatable bonds is 3. The number of hydrogen-bond donors (Lipinski definition) is 2. The maximum absolute atomic E-state index is 12.9. The maximum Gasteiger partial charge on any atom is 0.270 e. The zero-order valence-corrected chi connectivity index (χ0v) is 15.8. The van der Waals surface area contributed by atoms with Crippen molar-refractivity contribution in [2.24, 2.45) is 5.92 Å². The number of nitrogens with one attached hydrogen (secondary N) is 2. The van der Waals surface area contributed by atoms with E-state index in [1.807, 2.05) is 4.90 Å². The van der Waals surface area contributed by atoms with Gasteiger partial charge in [0.15, 0.2) is 5.58 Å². The second-order valence-electron chi connectivity index (χ2n) is 7.98. The van der Waals surface area contributed by atoms with Crippen molar-refractivity contribution in [3.63, 3.8) is 0 Å². The lowest BCUT2D eigenvalue weighted by Gasteiger charge is -2.44. The lowest BCUT2D eigenvalue weighted by molar-refractivity contribution is 0.0617. The van der Waals surface area contributed by atoms with Gasteiger partial charge in [-0.05, 0) is 37.9 Å². The first-order valence-electron chi connectivity index (χ1n) is 10.1. The fourth-order valence-corrected chi connectivity index (χ4v) is 4.63. The molecule has 4 saturated heterocycles. The Hall–Kier alpha value is -2.45. The summed E-state index contributed by atoms with van der Waals surface area (Å²) >= 11 is 0. The Kier molecular flexibility index (Phi) is 4.52. The molecule has 0 saturated carbocycles. The fourth-order valence-electron chi connectivity index (χ4n) is 4.63. The van der Waals surface area contributed by atoms with E-state index < -0.39 is 0 Å². The van der Waals surface area contributed by atoms with Crippen LogP contribution < -0.4 is 10.6 Å². The van der Waals surface area contributed by atoms with E-state index in [2.05, 4.69) is 20.5 Å². The molecule has 4 fully saturated rings. The van der Waals surface area contributed by atoms with E-state index in [0.717, 1.165) is 45.6 Å². The van der Waals surface area contributed by atoms with Gasteiger partial charge in [0.2, 0.25) is 0 Å². The van der Waals surface area contributed by atoms with Gasteiger partial charge in [0.05, 0.1) is 11.8 Å². The summed E-state index contributed by atoms with van der Waals surface area (Å²) in [6.07, 6.45) is 5.30. The van der Waals surface area contributed by atoms with Crippen LogP contribution in [0.25, 0.3) is 11.0 Å². The van der Waals surface area contributed by atoms with Gasteiger partial charge in [-0.15, -0.1) is 0 Å². The molecule has 0 spiro atoms. The molecule has 2 aromatic rings. The van der Waals surface area contributed by atoms with Crippen LogP contribution in [0, 0.1) is 5.92 Å². The Morgan fingerprint density at radius 1 is 1.18 bits per heavy atom. The molecule has 2 N–H and O–H groups in total. The van der Waals surface area contributed by atoms with E-state index >= 15 is 0 Å². The molecule has 2 amide bonds. The Bertz CT molecular complexity index is 896. The first kappa shape index (κ1) is 17.6. The number of piperazine rings is 1. The van der Waals surface area contributed by atoms with Crippen molar-refractivity contribution < 1.29 is 14.0 Å². The van der Waals surface area contributed by atoms with Crippen LogP contribution in [0.2, 0.25) is 0 Å². The molecular formula is C20H25N5O3. The molecule has 0 aromatic carbocycles. The first-order valence-corrected chi connectivity index (χ1v) is 10.1. The largest absolute Gasteiger partial charge is 0.462 e. The topological polar surface area (TPSA) is 90.7 Å². The minimum atomic E-state index is -0.178. The molecule has 1 atom stereocenters. The van der Waals surface area contributed by atoms with Crippen molar-refractivity contribution in [1.82, 2.24) is 25.4 Å². The standard InChI is InChI=1S/C20H25N5O3/c26-19(23-17-11-24-5-1-13(17)2-6-24)16-9-14-15(12-28-18(14)10-22-16)20(27)25-7-3-21-4-8-25/h9-10,12-13,17,21H,1-8,11H2,(H,23,26). The second-order valence-corrected chi connectivity index (χ2v) is 7.98. The summed E-state index contributed by atoms with van der Waals surface area (Å²) in [4.78, 5) is 34.2. The number of nitrogens with zero attached hydrogens (tertiary/aromatic N) is 3. The molecule has 8 nitrogen and oxygen atoms in total. The van der Waals surface area contributed by atoms with Crippen molar-refractivity contribution in [3.8, 4) is 0 Å². The van der Waals surface area contributed by atoms with Crippen molar-refractivity contribution in [3.05, 3.63) is 29.8 Å². The summed E-state index contributed by atoms with van der Waals surface area (Å²) in [5, 5.41) is 7.05. The molecule has 1 unspecified atom stereocenters. The number of carbonyl (C=O) groups excluding carboxylic acids is 2. The number of fused-ring (bicyclic) bond motifs is 4. The number of carbonyl (C=O) groups is 2. The molecule has 0 radical (unpaired) electrons. The third kappa shape index (κ3) is 3.16. The van der Waals surface area contributed by atoms with E-state index in [4.69, 9.17) is 4.42 Å². The highest BCUT2D eigenvalue weighted by atomic mass is 16.3. The fraction of sp³-hybridized carbons (Fsp3) is 0.550. The molecule has 4 aliphatic rings. The number of amides is 2. The second kappa shape index (κ2) is 7.18. The number of hydrogen-bond acceptors (Lipinski definition) is 6. The molecule has 8 heteroatoms. The van der Waals surface area contributed by atoms with Gasteiger partial charge in [-0.25, -0.2) is 4.98 Å². The highest BCUT2D eigenvalue weighted by molar-refractivity contribution is 6.07. The molecule has 0 aliphatic carbocycles. The van der Waals surface area contributed by atoms with Crippen LogP contribution in [0.5, 0.6) is 0 Å². The van der Waals surface area contributed by atoms with Gasteiger partial charge in [0.1, 0.15) is 12.0 Å². The van der Waals surface area contributed by atoms with Gasteiger partial charge >= 0.3 is 0 Å². The Balaban J connectivity index is 1.36. The van der Waals surface area contributed by atoms with Crippen molar-refractivity contribution in [1.29, 1.82) is 0 Å². The lowest BCUT2D eigenvalue weighted by Crippen LogP contribution is -2.57. The third-order valence-electron chi connectivity index (χ3n) is 6.30. The molecule has 6 heterocycles.